The molecular formula is C12H15ClFNO. The molecule has 4 heteroatoms. The molecule has 0 aliphatic carbocycles. The molecule has 2 nitrogen and oxygen atoms in total. The summed E-state index contributed by atoms with van der Waals surface area (Å²) in [5.41, 5.74) is 0.613. The fraction of sp³-hybridized carbons (Fsp3) is 0.500. The molecule has 0 atom stereocenters. The van der Waals surface area contributed by atoms with Gasteiger partial charge in [-0.2, -0.15) is 0 Å². The first kappa shape index (κ1) is 11.7. The third kappa shape index (κ3) is 2.15. The highest BCUT2D eigenvalue weighted by Gasteiger charge is 2.23. The molecule has 1 fully saturated rings. The largest absolute Gasteiger partial charge is 0.495 e. The number of rotatable bonds is 2. The number of benzene rings is 1. The van der Waals surface area contributed by atoms with E-state index in [0.717, 1.165) is 25.9 Å². The first-order valence-electron chi connectivity index (χ1n) is 5.46. The minimum absolute atomic E-state index is 0.198. The Balaban J connectivity index is 2.37. The fourth-order valence-electron chi connectivity index (χ4n) is 2.19. The Morgan fingerprint density at radius 3 is 2.69 bits per heavy atom. The Hall–Kier alpha value is -0.800. The van der Waals surface area contributed by atoms with E-state index in [1.807, 2.05) is 0 Å². The van der Waals surface area contributed by atoms with Gasteiger partial charge in [-0.15, -0.1) is 0 Å². The monoisotopic (exact) mass is 243 g/mol. The lowest BCUT2D eigenvalue weighted by Gasteiger charge is -2.24. The predicted molar refractivity (Wildman–Crippen MR) is 62.8 cm³/mol. The van der Waals surface area contributed by atoms with Crippen LogP contribution >= 0.6 is 11.6 Å². The SMILES string of the molecule is COc1ccc(F)c(C2CCNCC2)c1Cl. The summed E-state index contributed by atoms with van der Waals surface area (Å²) in [4.78, 5) is 0. The molecular weight excluding hydrogens is 229 g/mol. The van der Waals surface area contributed by atoms with E-state index in [4.69, 9.17) is 16.3 Å². The van der Waals surface area contributed by atoms with Gasteiger partial charge in [0.25, 0.3) is 0 Å². The third-order valence-corrected chi connectivity index (χ3v) is 3.45. The van der Waals surface area contributed by atoms with Gasteiger partial charge >= 0.3 is 0 Å². The molecule has 1 aliphatic heterocycles. The average molecular weight is 244 g/mol. The molecule has 1 saturated heterocycles. The second kappa shape index (κ2) is 5.02. The van der Waals surface area contributed by atoms with Crippen LogP contribution in [0.3, 0.4) is 0 Å². The molecule has 0 spiro atoms. The number of hydrogen-bond acceptors (Lipinski definition) is 2. The van der Waals surface area contributed by atoms with E-state index >= 15 is 0 Å². The van der Waals surface area contributed by atoms with Crippen molar-refractivity contribution < 1.29 is 9.13 Å². The topological polar surface area (TPSA) is 21.3 Å². The lowest BCUT2D eigenvalue weighted by Crippen LogP contribution is -2.27. The Kier molecular flexibility index (Phi) is 3.66. The summed E-state index contributed by atoms with van der Waals surface area (Å²) in [5.74, 6) is 0.526. The molecule has 0 unspecified atom stereocenters. The van der Waals surface area contributed by atoms with Gasteiger partial charge in [-0.25, -0.2) is 4.39 Å². The molecule has 1 aromatic carbocycles. The van der Waals surface area contributed by atoms with Crippen LogP contribution < -0.4 is 10.1 Å². The average Bonchev–Trinajstić information content (AvgIpc) is 2.31. The van der Waals surface area contributed by atoms with Crippen molar-refractivity contribution in [2.45, 2.75) is 18.8 Å². The molecule has 2 rings (SSSR count). The van der Waals surface area contributed by atoms with Gasteiger partial charge in [0.1, 0.15) is 11.6 Å². The first-order chi connectivity index (χ1) is 7.74. The summed E-state index contributed by atoms with van der Waals surface area (Å²) in [6.45, 7) is 1.83. The van der Waals surface area contributed by atoms with Gasteiger partial charge in [0.05, 0.1) is 12.1 Å². The van der Waals surface area contributed by atoms with E-state index in [9.17, 15) is 4.39 Å². The molecule has 88 valence electrons. The highest BCUT2D eigenvalue weighted by atomic mass is 35.5. The molecule has 16 heavy (non-hydrogen) atoms. The van der Waals surface area contributed by atoms with Crippen LogP contribution in [-0.2, 0) is 0 Å². The van der Waals surface area contributed by atoms with Crippen molar-refractivity contribution in [3.8, 4) is 5.75 Å². The molecule has 0 aromatic heterocycles. The molecule has 0 radical (unpaired) electrons. The minimum Gasteiger partial charge on any atom is -0.495 e. The summed E-state index contributed by atoms with van der Waals surface area (Å²) < 4.78 is 18.9. The molecule has 0 bridgehead atoms. The molecule has 1 heterocycles. The molecule has 1 aromatic rings. The van der Waals surface area contributed by atoms with E-state index < -0.39 is 0 Å². The van der Waals surface area contributed by atoms with Gasteiger partial charge in [0, 0.05) is 5.56 Å². The Labute approximate surface area is 99.7 Å². The van der Waals surface area contributed by atoms with Crippen LogP contribution in [0.2, 0.25) is 5.02 Å². The van der Waals surface area contributed by atoms with Gasteiger partial charge in [-0.3, -0.25) is 0 Å². The van der Waals surface area contributed by atoms with Crippen molar-refractivity contribution in [1.82, 2.24) is 5.32 Å². The normalized spacial score (nSPS) is 17.4. The highest BCUT2D eigenvalue weighted by molar-refractivity contribution is 6.32. The summed E-state index contributed by atoms with van der Waals surface area (Å²) >= 11 is 6.16. The summed E-state index contributed by atoms with van der Waals surface area (Å²) in [5, 5.41) is 3.68. The van der Waals surface area contributed by atoms with Crippen LogP contribution in [0, 0.1) is 5.82 Å². The van der Waals surface area contributed by atoms with E-state index in [1.165, 1.54) is 6.07 Å². The van der Waals surface area contributed by atoms with Crippen molar-refractivity contribution >= 4 is 11.6 Å². The van der Waals surface area contributed by atoms with Crippen molar-refractivity contribution in [3.63, 3.8) is 0 Å². The van der Waals surface area contributed by atoms with Crippen molar-refractivity contribution in [3.05, 3.63) is 28.5 Å². The number of halogens is 2. The standard InChI is InChI=1S/C12H15ClFNO/c1-16-10-3-2-9(14)11(12(10)13)8-4-6-15-7-5-8/h2-3,8,15H,4-7H2,1H3. The summed E-state index contributed by atoms with van der Waals surface area (Å²) in [6.07, 6.45) is 1.84. The van der Waals surface area contributed by atoms with E-state index in [0.29, 0.717) is 16.3 Å². The highest BCUT2D eigenvalue weighted by Crippen LogP contribution is 2.38. The van der Waals surface area contributed by atoms with Crippen LogP contribution in [0.4, 0.5) is 4.39 Å². The van der Waals surface area contributed by atoms with Gasteiger partial charge in [0.2, 0.25) is 0 Å². The Morgan fingerprint density at radius 1 is 1.38 bits per heavy atom. The maximum absolute atomic E-state index is 13.8. The first-order valence-corrected chi connectivity index (χ1v) is 5.84. The third-order valence-electron chi connectivity index (χ3n) is 3.06. The predicted octanol–water partition coefficient (Wildman–Crippen LogP) is 2.95. The van der Waals surface area contributed by atoms with Crippen LogP contribution in [0.1, 0.15) is 24.3 Å². The zero-order chi connectivity index (χ0) is 11.5. The maximum atomic E-state index is 13.8. The van der Waals surface area contributed by atoms with E-state index in [-0.39, 0.29) is 11.7 Å². The number of methoxy groups -OCH3 is 1. The Bertz CT molecular complexity index is 378. The van der Waals surface area contributed by atoms with Crippen LogP contribution in [-0.4, -0.2) is 20.2 Å². The van der Waals surface area contributed by atoms with Gasteiger partial charge in [-0.1, -0.05) is 11.6 Å². The fourth-order valence-corrected chi connectivity index (χ4v) is 2.58. The van der Waals surface area contributed by atoms with Crippen molar-refractivity contribution in [2.75, 3.05) is 20.2 Å². The summed E-state index contributed by atoms with van der Waals surface area (Å²) in [6, 6.07) is 3.00. The van der Waals surface area contributed by atoms with Crippen molar-refractivity contribution in [2.24, 2.45) is 0 Å². The quantitative estimate of drug-likeness (QED) is 0.862. The number of hydrogen-bond donors (Lipinski definition) is 1. The second-order valence-electron chi connectivity index (χ2n) is 4.00. The minimum atomic E-state index is -0.224. The molecule has 0 saturated carbocycles. The number of nitrogens with one attached hydrogen (secondary N) is 1. The van der Waals surface area contributed by atoms with E-state index in [2.05, 4.69) is 5.32 Å². The molecule has 0 amide bonds. The number of piperidine rings is 1. The van der Waals surface area contributed by atoms with Crippen LogP contribution in [0.15, 0.2) is 12.1 Å². The molecule has 1 aliphatic rings. The van der Waals surface area contributed by atoms with Gasteiger partial charge in [-0.05, 0) is 44.0 Å². The lowest BCUT2D eigenvalue weighted by molar-refractivity contribution is 0.407. The van der Waals surface area contributed by atoms with Gasteiger partial charge < -0.3 is 10.1 Å². The zero-order valence-electron chi connectivity index (χ0n) is 9.22. The van der Waals surface area contributed by atoms with Gasteiger partial charge in [0.15, 0.2) is 0 Å². The van der Waals surface area contributed by atoms with Crippen molar-refractivity contribution in [1.29, 1.82) is 0 Å². The maximum Gasteiger partial charge on any atom is 0.137 e. The summed E-state index contributed by atoms with van der Waals surface area (Å²) in [7, 11) is 1.55. The lowest BCUT2D eigenvalue weighted by atomic mass is 9.89. The van der Waals surface area contributed by atoms with E-state index in [1.54, 1.807) is 13.2 Å². The van der Waals surface area contributed by atoms with Crippen LogP contribution in [0.5, 0.6) is 5.75 Å². The Morgan fingerprint density at radius 2 is 2.06 bits per heavy atom. The zero-order valence-corrected chi connectivity index (χ0v) is 9.98. The smallest absolute Gasteiger partial charge is 0.137 e. The molecule has 1 N–H and O–H groups in total. The number of ether oxygens (including phenoxy) is 1. The second-order valence-corrected chi connectivity index (χ2v) is 4.38. The van der Waals surface area contributed by atoms with Crippen LogP contribution in [0.25, 0.3) is 0 Å².